The molecule has 0 amide bonds. The van der Waals surface area contributed by atoms with Gasteiger partial charge >= 0.3 is 5.97 Å². The SMILES string of the molecule is CN(c1cccc(F)c1)c1cc(F)c(C(=O)O)cc1N. The number of aromatic carboxylic acids is 1. The first-order valence-corrected chi connectivity index (χ1v) is 5.71. The van der Waals surface area contributed by atoms with Gasteiger partial charge in [-0.15, -0.1) is 0 Å². The van der Waals surface area contributed by atoms with E-state index in [0.717, 1.165) is 12.1 Å². The first-order valence-electron chi connectivity index (χ1n) is 5.71. The fourth-order valence-corrected chi connectivity index (χ4v) is 1.86. The molecule has 0 aromatic heterocycles. The summed E-state index contributed by atoms with van der Waals surface area (Å²) in [5.41, 5.74) is 6.06. The molecule has 0 spiro atoms. The summed E-state index contributed by atoms with van der Waals surface area (Å²) < 4.78 is 26.9. The van der Waals surface area contributed by atoms with Crippen LogP contribution in [-0.4, -0.2) is 18.1 Å². The number of nitrogens with zero attached hydrogens (tertiary/aromatic N) is 1. The van der Waals surface area contributed by atoms with E-state index >= 15 is 0 Å². The number of carboxylic acid groups (broad SMARTS) is 1. The molecule has 6 heteroatoms. The Morgan fingerprint density at radius 2 is 1.95 bits per heavy atom. The number of hydrogen-bond acceptors (Lipinski definition) is 3. The van der Waals surface area contributed by atoms with Crippen LogP contribution < -0.4 is 10.6 Å². The molecule has 4 nitrogen and oxygen atoms in total. The molecule has 2 rings (SSSR count). The van der Waals surface area contributed by atoms with E-state index in [1.807, 2.05) is 0 Å². The molecule has 104 valence electrons. The summed E-state index contributed by atoms with van der Waals surface area (Å²) in [5.74, 6) is -2.73. The lowest BCUT2D eigenvalue weighted by molar-refractivity contribution is 0.0692. The normalized spacial score (nSPS) is 10.3. The topological polar surface area (TPSA) is 66.6 Å². The van der Waals surface area contributed by atoms with Crippen LogP contribution in [0.4, 0.5) is 25.8 Å². The maximum absolute atomic E-state index is 13.7. The summed E-state index contributed by atoms with van der Waals surface area (Å²) in [6.07, 6.45) is 0. The van der Waals surface area contributed by atoms with Gasteiger partial charge in [0.1, 0.15) is 11.6 Å². The van der Waals surface area contributed by atoms with Crippen molar-refractivity contribution in [2.75, 3.05) is 17.7 Å². The van der Waals surface area contributed by atoms with Gasteiger partial charge in [0.15, 0.2) is 0 Å². The van der Waals surface area contributed by atoms with Gasteiger partial charge < -0.3 is 15.7 Å². The number of benzene rings is 2. The molecule has 3 N–H and O–H groups in total. The Kier molecular flexibility index (Phi) is 3.56. The quantitative estimate of drug-likeness (QED) is 0.847. The van der Waals surface area contributed by atoms with E-state index in [-0.39, 0.29) is 11.4 Å². The molecule has 0 saturated heterocycles. The molecule has 2 aromatic carbocycles. The van der Waals surface area contributed by atoms with Crippen molar-refractivity contribution in [3.63, 3.8) is 0 Å². The summed E-state index contributed by atoms with van der Waals surface area (Å²) in [6.45, 7) is 0. The summed E-state index contributed by atoms with van der Waals surface area (Å²) in [5, 5.41) is 8.81. The van der Waals surface area contributed by atoms with Crippen molar-refractivity contribution in [2.24, 2.45) is 0 Å². The van der Waals surface area contributed by atoms with Gasteiger partial charge in [-0.1, -0.05) is 6.07 Å². The molecule has 2 aromatic rings. The first-order chi connectivity index (χ1) is 9.40. The van der Waals surface area contributed by atoms with Crippen LogP contribution in [0.2, 0.25) is 0 Å². The van der Waals surface area contributed by atoms with Crippen molar-refractivity contribution in [3.8, 4) is 0 Å². The molecule has 0 saturated carbocycles. The Hall–Kier alpha value is -2.63. The molecular formula is C14H12F2N2O2. The molecule has 0 atom stereocenters. The Balaban J connectivity index is 2.48. The number of carboxylic acids is 1. The lowest BCUT2D eigenvalue weighted by atomic mass is 10.1. The maximum Gasteiger partial charge on any atom is 0.338 e. The maximum atomic E-state index is 13.7. The Morgan fingerprint density at radius 3 is 2.55 bits per heavy atom. The second-order valence-corrected chi connectivity index (χ2v) is 4.23. The van der Waals surface area contributed by atoms with Crippen molar-refractivity contribution in [3.05, 3.63) is 53.6 Å². The molecule has 0 bridgehead atoms. The fourth-order valence-electron chi connectivity index (χ4n) is 1.86. The van der Waals surface area contributed by atoms with Gasteiger partial charge in [-0.05, 0) is 24.3 Å². The van der Waals surface area contributed by atoms with Gasteiger partial charge in [-0.25, -0.2) is 13.6 Å². The number of halogens is 2. The average molecular weight is 278 g/mol. The molecule has 0 aliphatic heterocycles. The van der Waals surface area contributed by atoms with Crippen LogP contribution in [0.15, 0.2) is 36.4 Å². The highest BCUT2D eigenvalue weighted by Gasteiger charge is 2.16. The van der Waals surface area contributed by atoms with Crippen molar-refractivity contribution >= 4 is 23.0 Å². The third kappa shape index (κ3) is 2.54. The number of hydrogen-bond donors (Lipinski definition) is 2. The highest BCUT2D eigenvalue weighted by molar-refractivity contribution is 5.91. The minimum absolute atomic E-state index is 0.0931. The first kappa shape index (κ1) is 13.8. The number of anilines is 3. The third-order valence-electron chi connectivity index (χ3n) is 2.90. The Labute approximate surface area is 114 Å². The molecule has 0 unspecified atom stereocenters. The van der Waals surface area contributed by atoms with E-state index in [2.05, 4.69) is 0 Å². The van der Waals surface area contributed by atoms with E-state index in [0.29, 0.717) is 5.69 Å². The summed E-state index contributed by atoms with van der Waals surface area (Å²) in [4.78, 5) is 12.3. The van der Waals surface area contributed by atoms with Gasteiger partial charge in [0.2, 0.25) is 0 Å². The zero-order valence-corrected chi connectivity index (χ0v) is 10.6. The van der Waals surface area contributed by atoms with Gasteiger partial charge in [0, 0.05) is 18.8 Å². The largest absolute Gasteiger partial charge is 0.478 e. The van der Waals surface area contributed by atoms with Crippen LogP contribution >= 0.6 is 0 Å². The van der Waals surface area contributed by atoms with Crippen molar-refractivity contribution in [1.29, 1.82) is 0 Å². The minimum Gasteiger partial charge on any atom is -0.478 e. The second-order valence-electron chi connectivity index (χ2n) is 4.23. The predicted octanol–water partition coefficient (Wildman–Crippen LogP) is 3.01. The van der Waals surface area contributed by atoms with E-state index < -0.39 is 23.2 Å². The minimum atomic E-state index is -1.39. The molecule has 20 heavy (non-hydrogen) atoms. The monoisotopic (exact) mass is 278 g/mol. The molecule has 0 aliphatic carbocycles. The van der Waals surface area contributed by atoms with Crippen LogP contribution in [-0.2, 0) is 0 Å². The van der Waals surface area contributed by atoms with E-state index in [1.165, 1.54) is 23.1 Å². The lowest BCUT2D eigenvalue weighted by Gasteiger charge is -2.21. The van der Waals surface area contributed by atoms with Crippen LogP contribution in [0.5, 0.6) is 0 Å². The standard InChI is InChI=1S/C14H12F2N2O2/c1-18(9-4-2-3-8(15)5-9)13-7-11(16)10(14(19)20)6-12(13)17/h2-7H,17H2,1H3,(H,19,20). The Morgan fingerprint density at radius 1 is 1.25 bits per heavy atom. The smallest absolute Gasteiger partial charge is 0.338 e. The number of carbonyl (C=O) groups is 1. The number of nitrogens with two attached hydrogens (primary N) is 1. The predicted molar refractivity (Wildman–Crippen MR) is 72.2 cm³/mol. The lowest BCUT2D eigenvalue weighted by Crippen LogP contribution is -2.13. The molecule has 0 aliphatic rings. The Bertz CT molecular complexity index is 674. The van der Waals surface area contributed by atoms with Crippen LogP contribution in [0.3, 0.4) is 0 Å². The second kappa shape index (κ2) is 5.16. The highest BCUT2D eigenvalue weighted by atomic mass is 19.1. The van der Waals surface area contributed by atoms with E-state index in [1.54, 1.807) is 13.1 Å². The van der Waals surface area contributed by atoms with Crippen LogP contribution in [0.25, 0.3) is 0 Å². The molecule has 0 fully saturated rings. The highest BCUT2D eigenvalue weighted by Crippen LogP contribution is 2.31. The average Bonchev–Trinajstić information content (AvgIpc) is 2.40. The van der Waals surface area contributed by atoms with Gasteiger partial charge in [0.25, 0.3) is 0 Å². The number of nitrogen functional groups attached to an aromatic ring is 1. The molecule has 0 heterocycles. The van der Waals surface area contributed by atoms with Gasteiger partial charge in [-0.3, -0.25) is 0 Å². The molecular weight excluding hydrogens is 266 g/mol. The third-order valence-corrected chi connectivity index (χ3v) is 2.90. The van der Waals surface area contributed by atoms with E-state index in [4.69, 9.17) is 10.8 Å². The summed E-state index contributed by atoms with van der Waals surface area (Å²) in [6, 6.07) is 7.76. The fraction of sp³-hybridized carbons (Fsp3) is 0.0714. The van der Waals surface area contributed by atoms with Gasteiger partial charge in [0.05, 0.1) is 16.9 Å². The van der Waals surface area contributed by atoms with Gasteiger partial charge in [-0.2, -0.15) is 0 Å². The zero-order chi connectivity index (χ0) is 14.9. The van der Waals surface area contributed by atoms with Crippen molar-refractivity contribution < 1.29 is 18.7 Å². The van der Waals surface area contributed by atoms with Crippen molar-refractivity contribution in [1.82, 2.24) is 0 Å². The van der Waals surface area contributed by atoms with Crippen LogP contribution in [0.1, 0.15) is 10.4 Å². The summed E-state index contributed by atoms with van der Waals surface area (Å²) in [7, 11) is 1.58. The van der Waals surface area contributed by atoms with Crippen molar-refractivity contribution in [2.45, 2.75) is 0 Å². The van der Waals surface area contributed by atoms with Crippen LogP contribution in [0, 0.1) is 11.6 Å². The molecule has 0 radical (unpaired) electrons. The zero-order valence-electron chi connectivity index (χ0n) is 10.6. The summed E-state index contributed by atoms with van der Waals surface area (Å²) >= 11 is 0. The van der Waals surface area contributed by atoms with E-state index in [9.17, 15) is 13.6 Å². The number of rotatable bonds is 3.